The minimum atomic E-state index is -0.229. The summed E-state index contributed by atoms with van der Waals surface area (Å²) in [5, 5.41) is 5.28. The molecule has 4 rings (SSSR count). The minimum absolute atomic E-state index is 0.0834. The zero-order valence-corrected chi connectivity index (χ0v) is 16.4. The number of thioether (sulfide) groups is 1. The van der Waals surface area contributed by atoms with Crippen molar-refractivity contribution in [2.45, 2.75) is 19.2 Å². The molecule has 142 valence electrons. The van der Waals surface area contributed by atoms with E-state index in [1.54, 1.807) is 18.2 Å². The summed E-state index contributed by atoms with van der Waals surface area (Å²) in [6.07, 6.45) is 0. The van der Waals surface area contributed by atoms with E-state index in [0.29, 0.717) is 11.3 Å². The van der Waals surface area contributed by atoms with Crippen LogP contribution >= 0.6 is 11.8 Å². The average Bonchev–Trinajstić information content (AvgIpc) is 3.02. The lowest BCUT2D eigenvalue weighted by atomic mass is 10.1. The molecule has 0 saturated carbocycles. The van der Waals surface area contributed by atoms with Crippen molar-refractivity contribution in [3.63, 3.8) is 0 Å². The average molecular weight is 392 g/mol. The predicted molar refractivity (Wildman–Crippen MR) is 116 cm³/mol. The van der Waals surface area contributed by atoms with Crippen LogP contribution in [0.15, 0.2) is 66.7 Å². The smallest absolute Gasteiger partial charge is 0.234 e. The molecule has 0 bridgehead atoms. The maximum Gasteiger partial charge on any atom is 0.234 e. The summed E-state index contributed by atoms with van der Waals surface area (Å²) in [6, 6.07) is 21.0. The van der Waals surface area contributed by atoms with Gasteiger partial charge in [0.25, 0.3) is 0 Å². The zero-order valence-electron chi connectivity index (χ0n) is 15.6. The highest BCUT2D eigenvalue weighted by Gasteiger charge is 2.11. The number of aryl methyl sites for hydroxylation is 1. The number of hydrogen-bond donors (Lipinski definition) is 1. The van der Waals surface area contributed by atoms with Gasteiger partial charge in [-0.15, -0.1) is 11.8 Å². The Morgan fingerprint density at radius 3 is 2.57 bits per heavy atom. The molecule has 5 heteroatoms. The molecule has 0 aliphatic carbocycles. The molecule has 1 N–H and O–H groups in total. The van der Waals surface area contributed by atoms with E-state index >= 15 is 0 Å². The van der Waals surface area contributed by atoms with Gasteiger partial charge in [0.2, 0.25) is 5.91 Å². The van der Waals surface area contributed by atoms with Gasteiger partial charge in [-0.25, -0.2) is 4.39 Å². The van der Waals surface area contributed by atoms with Gasteiger partial charge in [0, 0.05) is 39.8 Å². The zero-order chi connectivity index (χ0) is 19.5. The third-order valence-electron chi connectivity index (χ3n) is 4.82. The van der Waals surface area contributed by atoms with E-state index in [0.717, 1.165) is 23.1 Å². The van der Waals surface area contributed by atoms with Crippen LogP contribution in [0.25, 0.3) is 21.8 Å². The van der Waals surface area contributed by atoms with E-state index in [2.05, 4.69) is 35.0 Å². The van der Waals surface area contributed by atoms with Crippen molar-refractivity contribution in [3.05, 3.63) is 78.1 Å². The first-order valence-electron chi connectivity index (χ1n) is 9.29. The normalized spacial score (nSPS) is 11.2. The van der Waals surface area contributed by atoms with Gasteiger partial charge in [0.05, 0.1) is 5.75 Å². The second-order valence-electron chi connectivity index (χ2n) is 6.63. The summed E-state index contributed by atoms with van der Waals surface area (Å²) < 4.78 is 15.9. The largest absolute Gasteiger partial charge is 0.341 e. The van der Waals surface area contributed by atoms with Crippen LogP contribution in [-0.4, -0.2) is 16.2 Å². The molecule has 1 aromatic heterocycles. The summed E-state index contributed by atoms with van der Waals surface area (Å²) in [5.74, 6) is 0.444. The second-order valence-corrected chi connectivity index (χ2v) is 7.61. The fraction of sp³-hybridized carbons (Fsp3) is 0.174. The molecular weight excluding hydrogens is 371 g/mol. The molecule has 0 radical (unpaired) electrons. The summed E-state index contributed by atoms with van der Waals surface area (Å²) in [5.41, 5.74) is 3.76. The number of carbonyl (C=O) groups is 1. The van der Waals surface area contributed by atoms with Gasteiger partial charge < -0.3 is 9.88 Å². The first kappa shape index (κ1) is 18.6. The molecule has 0 saturated heterocycles. The number of amides is 1. The fourth-order valence-corrected chi connectivity index (χ4v) is 4.35. The number of hydrogen-bond acceptors (Lipinski definition) is 2. The number of fused-ring (bicyclic) bond motifs is 3. The Bertz CT molecular complexity index is 1150. The molecule has 1 amide bonds. The van der Waals surface area contributed by atoms with Gasteiger partial charge in [-0.1, -0.05) is 36.4 Å². The molecule has 0 fully saturated rings. The molecule has 1 heterocycles. The highest BCUT2D eigenvalue weighted by molar-refractivity contribution is 7.99. The molecule has 0 aliphatic rings. The Labute approximate surface area is 167 Å². The van der Waals surface area contributed by atoms with Gasteiger partial charge in [0.15, 0.2) is 0 Å². The quantitative estimate of drug-likeness (QED) is 0.448. The van der Waals surface area contributed by atoms with E-state index in [4.69, 9.17) is 0 Å². The van der Waals surface area contributed by atoms with Crippen molar-refractivity contribution in [2.24, 2.45) is 0 Å². The van der Waals surface area contributed by atoms with E-state index in [-0.39, 0.29) is 17.5 Å². The van der Waals surface area contributed by atoms with E-state index in [9.17, 15) is 9.18 Å². The predicted octanol–water partition coefficient (Wildman–Crippen LogP) is 5.83. The van der Waals surface area contributed by atoms with E-state index in [1.807, 2.05) is 24.3 Å². The standard InChI is InChI=1S/C23H21FN2OS/c1-2-26-21-10-6-4-8-18(21)19-13-17(11-12-22(19)26)25-23(27)15-28-14-16-7-3-5-9-20(16)24/h3-13H,2,14-15H2,1H3,(H,25,27). The summed E-state index contributed by atoms with van der Waals surface area (Å²) >= 11 is 1.41. The maximum atomic E-state index is 13.7. The SMILES string of the molecule is CCn1c2ccccc2c2cc(NC(=O)CSCc3ccccc3F)ccc21. The van der Waals surface area contributed by atoms with Crippen LogP contribution in [0, 0.1) is 5.82 Å². The number of nitrogens with zero attached hydrogens (tertiary/aromatic N) is 1. The number of halogens is 1. The summed E-state index contributed by atoms with van der Waals surface area (Å²) in [4.78, 5) is 12.3. The molecule has 0 unspecified atom stereocenters. The van der Waals surface area contributed by atoms with Crippen LogP contribution in [0.4, 0.5) is 10.1 Å². The number of rotatable bonds is 6. The van der Waals surface area contributed by atoms with Gasteiger partial charge in [-0.05, 0) is 42.8 Å². The molecule has 3 nitrogen and oxygen atoms in total. The molecule has 28 heavy (non-hydrogen) atoms. The maximum absolute atomic E-state index is 13.7. The van der Waals surface area contributed by atoms with Crippen molar-refractivity contribution in [2.75, 3.05) is 11.1 Å². The van der Waals surface area contributed by atoms with Crippen LogP contribution in [0.3, 0.4) is 0 Å². The van der Waals surface area contributed by atoms with Crippen molar-refractivity contribution >= 4 is 45.2 Å². The first-order valence-corrected chi connectivity index (χ1v) is 10.4. The Morgan fingerprint density at radius 2 is 1.75 bits per heavy atom. The monoisotopic (exact) mass is 392 g/mol. The third kappa shape index (κ3) is 3.62. The van der Waals surface area contributed by atoms with Crippen molar-refractivity contribution in [1.29, 1.82) is 0 Å². The van der Waals surface area contributed by atoms with Crippen LogP contribution in [-0.2, 0) is 17.1 Å². The molecular formula is C23H21FN2OS. The molecule has 0 spiro atoms. The lowest BCUT2D eigenvalue weighted by Gasteiger charge is -2.07. The topological polar surface area (TPSA) is 34.0 Å². The van der Waals surface area contributed by atoms with E-state index < -0.39 is 0 Å². The third-order valence-corrected chi connectivity index (χ3v) is 5.80. The number of nitrogens with one attached hydrogen (secondary N) is 1. The van der Waals surface area contributed by atoms with Gasteiger partial charge in [-0.2, -0.15) is 0 Å². The van der Waals surface area contributed by atoms with Crippen molar-refractivity contribution < 1.29 is 9.18 Å². The van der Waals surface area contributed by atoms with Crippen molar-refractivity contribution in [1.82, 2.24) is 4.57 Å². The highest BCUT2D eigenvalue weighted by atomic mass is 32.2. The lowest BCUT2D eigenvalue weighted by molar-refractivity contribution is -0.113. The fourth-order valence-electron chi connectivity index (χ4n) is 3.54. The molecule has 4 aromatic rings. The Morgan fingerprint density at radius 1 is 1.00 bits per heavy atom. The Hall–Kier alpha value is -2.79. The minimum Gasteiger partial charge on any atom is -0.341 e. The number of carbonyl (C=O) groups excluding carboxylic acids is 1. The molecule has 0 aliphatic heterocycles. The van der Waals surface area contributed by atoms with Gasteiger partial charge in [-0.3, -0.25) is 4.79 Å². The first-order chi connectivity index (χ1) is 13.7. The number of para-hydroxylation sites is 1. The van der Waals surface area contributed by atoms with Crippen LogP contribution in [0.2, 0.25) is 0 Å². The number of aromatic nitrogens is 1. The van der Waals surface area contributed by atoms with Crippen LogP contribution in [0.1, 0.15) is 12.5 Å². The van der Waals surface area contributed by atoms with Gasteiger partial charge in [0.1, 0.15) is 5.82 Å². The highest BCUT2D eigenvalue weighted by Crippen LogP contribution is 2.31. The van der Waals surface area contributed by atoms with E-state index in [1.165, 1.54) is 28.7 Å². The second kappa shape index (κ2) is 8.07. The number of anilines is 1. The Kier molecular flexibility index (Phi) is 5.35. The Balaban J connectivity index is 1.48. The van der Waals surface area contributed by atoms with Gasteiger partial charge >= 0.3 is 0 Å². The molecule has 3 aromatic carbocycles. The lowest BCUT2D eigenvalue weighted by Crippen LogP contribution is -2.14. The number of benzene rings is 3. The van der Waals surface area contributed by atoms with Crippen LogP contribution < -0.4 is 5.32 Å². The van der Waals surface area contributed by atoms with Crippen molar-refractivity contribution in [3.8, 4) is 0 Å². The summed E-state index contributed by atoms with van der Waals surface area (Å²) in [6.45, 7) is 3.02. The molecule has 0 atom stereocenters. The summed E-state index contributed by atoms with van der Waals surface area (Å²) in [7, 11) is 0. The van der Waals surface area contributed by atoms with Crippen LogP contribution in [0.5, 0.6) is 0 Å².